The number of ether oxygens (including phenoxy) is 1. The number of urea groups is 1. The predicted molar refractivity (Wildman–Crippen MR) is 110 cm³/mol. The minimum Gasteiger partial charge on any atom is -0.497 e. The van der Waals surface area contributed by atoms with E-state index in [4.69, 9.17) is 4.74 Å². The standard InChI is InChI=1S/C21H22N4O6/c1-21(15-4-3-5-16(12-15)25(29)30)19(27)24(20(28)23-21)13-18(26)22-11-10-14-6-8-17(31-2)9-7-14/h3-9,12H,10-11,13H2,1-2H3,(H,22,26)(H,23,28). The number of nitrogens with one attached hydrogen (secondary N) is 2. The van der Waals surface area contributed by atoms with Crippen LogP contribution in [-0.4, -0.2) is 47.9 Å². The van der Waals surface area contributed by atoms with Crippen molar-refractivity contribution in [2.45, 2.75) is 18.9 Å². The summed E-state index contributed by atoms with van der Waals surface area (Å²) in [6.07, 6.45) is 0.571. The highest BCUT2D eigenvalue weighted by Crippen LogP contribution is 2.30. The SMILES string of the molecule is COc1ccc(CCNC(=O)CN2C(=O)NC(C)(c3cccc([N+](=O)[O-])c3)C2=O)cc1. The Balaban J connectivity index is 1.60. The molecular formula is C21H22N4O6. The summed E-state index contributed by atoms with van der Waals surface area (Å²) in [6, 6.07) is 12.1. The number of nitro groups is 1. The molecule has 0 aliphatic carbocycles. The van der Waals surface area contributed by atoms with Crippen LogP contribution in [0.1, 0.15) is 18.1 Å². The fourth-order valence-electron chi connectivity index (χ4n) is 3.30. The lowest BCUT2D eigenvalue weighted by molar-refractivity contribution is -0.385. The van der Waals surface area contributed by atoms with Crippen LogP contribution < -0.4 is 15.4 Å². The summed E-state index contributed by atoms with van der Waals surface area (Å²) < 4.78 is 5.09. The first-order valence-electron chi connectivity index (χ1n) is 9.53. The van der Waals surface area contributed by atoms with Gasteiger partial charge in [0.2, 0.25) is 5.91 Å². The molecule has 4 amide bonds. The second-order valence-corrected chi connectivity index (χ2v) is 7.20. The topological polar surface area (TPSA) is 131 Å². The van der Waals surface area contributed by atoms with Crippen molar-refractivity contribution in [3.8, 4) is 5.75 Å². The van der Waals surface area contributed by atoms with Gasteiger partial charge in [-0.25, -0.2) is 4.79 Å². The summed E-state index contributed by atoms with van der Waals surface area (Å²) in [5.74, 6) is -0.401. The highest BCUT2D eigenvalue weighted by Gasteiger charge is 2.49. The molecule has 0 bridgehead atoms. The number of carbonyl (C=O) groups is 3. The van der Waals surface area contributed by atoms with Crippen LogP contribution in [0.3, 0.4) is 0 Å². The Kier molecular flexibility index (Phi) is 6.19. The summed E-state index contributed by atoms with van der Waals surface area (Å²) in [5.41, 5.74) is -0.431. The number of carbonyl (C=O) groups excluding carboxylic acids is 3. The van der Waals surface area contributed by atoms with Crippen molar-refractivity contribution in [1.29, 1.82) is 0 Å². The molecule has 0 saturated carbocycles. The van der Waals surface area contributed by atoms with Gasteiger partial charge >= 0.3 is 6.03 Å². The predicted octanol–water partition coefficient (Wildman–Crippen LogP) is 1.73. The van der Waals surface area contributed by atoms with Crippen LogP contribution in [0.15, 0.2) is 48.5 Å². The zero-order valence-electron chi connectivity index (χ0n) is 17.1. The molecule has 0 radical (unpaired) electrons. The molecule has 0 aromatic heterocycles. The fourth-order valence-corrected chi connectivity index (χ4v) is 3.30. The molecule has 3 rings (SSSR count). The Labute approximate surface area is 178 Å². The van der Waals surface area contributed by atoms with Gasteiger partial charge in [0.15, 0.2) is 0 Å². The van der Waals surface area contributed by atoms with Gasteiger partial charge < -0.3 is 15.4 Å². The maximum atomic E-state index is 12.9. The molecule has 0 spiro atoms. The molecule has 162 valence electrons. The van der Waals surface area contributed by atoms with Gasteiger partial charge in [-0.05, 0) is 36.6 Å². The van der Waals surface area contributed by atoms with E-state index < -0.39 is 34.9 Å². The van der Waals surface area contributed by atoms with Crippen LogP contribution >= 0.6 is 0 Å². The average molecular weight is 426 g/mol. The van der Waals surface area contributed by atoms with E-state index in [9.17, 15) is 24.5 Å². The average Bonchev–Trinajstić information content (AvgIpc) is 2.98. The lowest BCUT2D eigenvalue weighted by Gasteiger charge is -2.22. The van der Waals surface area contributed by atoms with Crippen molar-refractivity contribution in [3.05, 3.63) is 69.8 Å². The van der Waals surface area contributed by atoms with Gasteiger partial charge in [0, 0.05) is 18.7 Å². The van der Waals surface area contributed by atoms with Crippen LogP contribution in [0.2, 0.25) is 0 Å². The third kappa shape index (κ3) is 4.63. The zero-order chi connectivity index (χ0) is 22.6. The Morgan fingerprint density at radius 1 is 1.23 bits per heavy atom. The van der Waals surface area contributed by atoms with Crippen LogP contribution in [0.25, 0.3) is 0 Å². The molecule has 31 heavy (non-hydrogen) atoms. The number of benzene rings is 2. The highest BCUT2D eigenvalue weighted by atomic mass is 16.6. The molecule has 1 fully saturated rings. The minimum absolute atomic E-state index is 0.199. The molecule has 10 nitrogen and oxygen atoms in total. The van der Waals surface area contributed by atoms with E-state index >= 15 is 0 Å². The first-order chi connectivity index (χ1) is 14.7. The number of nitrogens with zero attached hydrogens (tertiary/aromatic N) is 2. The molecular weight excluding hydrogens is 404 g/mol. The molecule has 2 aromatic carbocycles. The van der Waals surface area contributed by atoms with E-state index in [1.165, 1.54) is 31.2 Å². The first-order valence-corrected chi connectivity index (χ1v) is 9.53. The van der Waals surface area contributed by atoms with E-state index in [0.717, 1.165) is 16.2 Å². The minimum atomic E-state index is -1.49. The van der Waals surface area contributed by atoms with Gasteiger partial charge in [0.1, 0.15) is 17.8 Å². The van der Waals surface area contributed by atoms with Crippen molar-refractivity contribution in [3.63, 3.8) is 0 Å². The van der Waals surface area contributed by atoms with Crippen molar-refractivity contribution in [2.75, 3.05) is 20.2 Å². The van der Waals surface area contributed by atoms with Gasteiger partial charge in [-0.15, -0.1) is 0 Å². The number of hydrogen-bond acceptors (Lipinski definition) is 6. The Morgan fingerprint density at radius 2 is 1.94 bits per heavy atom. The lowest BCUT2D eigenvalue weighted by atomic mass is 9.91. The smallest absolute Gasteiger partial charge is 0.325 e. The van der Waals surface area contributed by atoms with Gasteiger partial charge in [-0.2, -0.15) is 0 Å². The van der Waals surface area contributed by atoms with Crippen molar-refractivity contribution in [1.82, 2.24) is 15.5 Å². The van der Waals surface area contributed by atoms with Gasteiger partial charge in [-0.1, -0.05) is 24.3 Å². The summed E-state index contributed by atoms with van der Waals surface area (Å²) in [6.45, 7) is 1.34. The summed E-state index contributed by atoms with van der Waals surface area (Å²) in [5, 5.41) is 16.2. The van der Waals surface area contributed by atoms with Crippen LogP contribution in [0.5, 0.6) is 5.75 Å². The van der Waals surface area contributed by atoms with E-state index in [0.29, 0.717) is 13.0 Å². The number of imide groups is 1. The summed E-state index contributed by atoms with van der Waals surface area (Å²) in [7, 11) is 1.58. The quantitative estimate of drug-likeness (QED) is 0.375. The monoisotopic (exact) mass is 426 g/mol. The van der Waals surface area contributed by atoms with E-state index in [-0.39, 0.29) is 11.3 Å². The molecule has 1 atom stereocenters. The van der Waals surface area contributed by atoms with Crippen molar-refractivity contribution >= 4 is 23.5 Å². The fraction of sp³-hybridized carbons (Fsp3) is 0.286. The van der Waals surface area contributed by atoms with E-state index in [1.54, 1.807) is 7.11 Å². The normalized spacial score (nSPS) is 17.9. The number of nitro benzene ring substituents is 1. The maximum Gasteiger partial charge on any atom is 0.325 e. The lowest BCUT2D eigenvalue weighted by Crippen LogP contribution is -2.43. The molecule has 2 aromatic rings. The molecule has 1 saturated heterocycles. The second kappa shape index (κ2) is 8.82. The number of non-ortho nitro benzene ring substituents is 1. The zero-order valence-corrected chi connectivity index (χ0v) is 17.1. The second-order valence-electron chi connectivity index (χ2n) is 7.20. The number of rotatable bonds is 8. The Morgan fingerprint density at radius 3 is 2.58 bits per heavy atom. The van der Waals surface area contributed by atoms with E-state index in [2.05, 4.69) is 10.6 Å². The maximum absolute atomic E-state index is 12.9. The molecule has 2 N–H and O–H groups in total. The van der Waals surface area contributed by atoms with Crippen molar-refractivity contribution < 1.29 is 24.0 Å². The number of amides is 4. The molecule has 1 aliphatic rings. The Bertz CT molecular complexity index is 1020. The van der Waals surface area contributed by atoms with Crippen LogP contribution in [-0.2, 0) is 21.5 Å². The molecule has 1 aliphatic heterocycles. The van der Waals surface area contributed by atoms with Gasteiger partial charge in [0.25, 0.3) is 11.6 Å². The van der Waals surface area contributed by atoms with Gasteiger partial charge in [0.05, 0.1) is 12.0 Å². The van der Waals surface area contributed by atoms with Crippen LogP contribution in [0.4, 0.5) is 10.5 Å². The molecule has 10 heteroatoms. The molecule has 1 unspecified atom stereocenters. The Hall–Kier alpha value is -3.95. The van der Waals surface area contributed by atoms with Crippen LogP contribution in [0, 0.1) is 10.1 Å². The summed E-state index contributed by atoms with van der Waals surface area (Å²) in [4.78, 5) is 48.8. The summed E-state index contributed by atoms with van der Waals surface area (Å²) >= 11 is 0. The van der Waals surface area contributed by atoms with E-state index in [1.807, 2.05) is 24.3 Å². The number of methoxy groups -OCH3 is 1. The number of hydrogen-bond donors (Lipinski definition) is 2. The highest BCUT2D eigenvalue weighted by molar-refractivity contribution is 6.09. The molecule has 1 heterocycles. The van der Waals surface area contributed by atoms with Crippen molar-refractivity contribution in [2.24, 2.45) is 0 Å². The largest absolute Gasteiger partial charge is 0.497 e. The third-order valence-corrected chi connectivity index (χ3v) is 5.11. The van der Waals surface area contributed by atoms with Gasteiger partial charge in [-0.3, -0.25) is 24.6 Å². The first kappa shape index (κ1) is 21.8. The third-order valence-electron chi connectivity index (χ3n) is 5.11.